The van der Waals surface area contributed by atoms with Crippen molar-refractivity contribution in [2.45, 2.75) is 0 Å². The van der Waals surface area contributed by atoms with Crippen LogP contribution in [-0.2, 0) is 0 Å². The maximum atomic E-state index is 13.1. The highest BCUT2D eigenvalue weighted by atomic mass is 35.5. The monoisotopic (exact) mass is 310 g/mol. The van der Waals surface area contributed by atoms with Gasteiger partial charge in [0.15, 0.2) is 0 Å². The molecular weight excluding hydrogens is 303 g/mol. The average molecular weight is 311 g/mol. The van der Waals surface area contributed by atoms with Gasteiger partial charge in [0.1, 0.15) is 5.82 Å². The van der Waals surface area contributed by atoms with Gasteiger partial charge in [-0.05, 0) is 24.3 Å². The van der Waals surface area contributed by atoms with Crippen molar-refractivity contribution >= 4 is 34.8 Å². The number of carbonyl (C=O) groups excluding carboxylic acids is 1. The number of rotatable bonds is 3. The van der Waals surface area contributed by atoms with E-state index in [1.807, 2.05) is 0 Å². The number of benzene rings is 1. The van der Waals surface area contributed by atoms with Crippen LogP contribution in [-0.4, -0.2) is 15.9 Å². The molecule has 1 heterocycles. The largest absolute Gasteiger partial charge is 0.324 e. The molecule has 0 aliphatic carbocycles. The fourth-order valence-electron chi connectivity index (χ4n) is 1.46. The first-order valence-electron chi connectivity index (χ1n) is 5.59. The minimum Gasteiger partial charge on any atom is -0.307 e. The first kappa shape index (κ1) is 14.7. The van der Waals surface area contributed by atoms with Gasteiger partial charge >= 0.3 is 11.7 Å². The lowest BCUT2D eigenvalue weighted by atomic mass is 10.2. The summed E-state index contributed by atoms with van der Waals surface area (Å²) in [5.74, 6) is -0.737. The van der Waals surface area contributed by atoms with Crippen LogP contribution >= 0.6 is 11.6 Å². The smallest absolute Gasteiger partial charge is 0.307 e. The molecule has 108 valence electrons. The Kier molecular flexibility index (Phi) is 4.29. The summed E-state index contributed by atoms with van der Waals surface area (Å²) in [6.45, 7) is 0. The zero-order valence-electron chi connectivity index (χ0n) is 10.3. The molecule has 0 radical (unpaired) electrons. The summed E-state index contributed by atoms with van der Waals surface area (Å²) >= 11 is 5.65. The summed E-state index contributed by atoms with van der Waals surface area (Å²) in [4.78, 5) is 25.2. The maximum absolute atomic E-state index is 13.1. The van der Waals surface area contributed by atoms with E-state index in [0.717, 1.165) is 12.1 Å². The normalized spacial score (nSPS) is 10.0. The summed E-state index contributed by atoms with van der Waals surface area (Å²) in [5, 5.41) is 15.7. The van der Waals surface area contributed by atoms with E-state index in [2.05, 4.69) is 15.6 Å². The molecule has 0 fully saturated rings. The highest BCUT2D eigenvalue weighted by Gasteiger charge is 2.15. The lowest BCUT2D eigenvalue weighted by molar-refractivity contribution is -0.387. The lowest BCUT2D eigenvalue weighted by Gasteiger charge is -2.07. The highest BCUT2D eigenvalue weighted by Crippen LogP contribution is 2.21. The van der Waals surface area contributed by atoms with E-state index in [-0.39, 0.29) is 11.5 Å². The summed E-state index contributed by atoms with van der Waals surface area (Å²) in [5.41, 5.74) is -0.646. The van der Waals surface area contributed by atoms with Gasteiger partial charge in [0.05, 0.1) is 9.95 Å². The molecule has 0 bridgehead atoms. The van der Waals surface area contributed by atoms with Crippen molar-refractivity contribution in [3.05, 3.63) is 57.5 Å². The minimum atomic E-state index is -0.981. The number of nitrogens with one attached hydrogen (secondary N) is 2. The number of urea groups is 1. The fourth-order valence-corrected chi connectivity index (χ4v) is 1.57. The molecule has 2 N–H and O–H groups in total. The Labute approximate surface area is 122 Å². The van der Waals surface area contributed by atoms with E-state index in [0.29, 0.717) is 5.02 Å². The van der Waals surface area contributed by atoms with Crippen LogP contribution in [0.1, 0.15) is 0 Å². The van der Waals surface area contributed by atoms with Crippen LogP contribution in [0.15, 0.2) is 36.5 Å². The number of nitro groups is 1. The number of nitrogens with zero attached hydrogens (tertiary/aromatic N) is 2. The number of nitro benzene ring substituents is 1. The van der Waals surface area contributed by atoms with Crippen LogP contribution in [0, 0.1) is 15.9 Å². The van der Waals surface area contributed by atoms with Gasteiger partial charge in [0, 0.05) is 18.0 Å². The van der Waals surface area contributed by atoms with E-state index >= 15 is 0 Å². The molecular formula is C12H8ClFN4O3. The molecule has 0 aliphatic heterocycles. The zero-order valence-corrected chi connectivity index (χ0v) is 11.1. The van der Waals surface area contributed by atoms with Crippen LogP contribution in [0.3, 0.4) is 0 Å². The van der Waals surface area contributed by atoms with Crippen LogP contribution < -0.4 is 10.6 Å². The zero-order chi connectivity index (χ0) is 15.4. The second-order valence-corrected chi connectivity index (χ2v) is 4.30. The van der Waals surface area contributed by atoms with E-state index in [4.69, 9.17) is 11.6 Å². The van der Waals surface area contributed by atoms with Crippen LogP contribution in [0.5, 0.6) is 0 Å². The number of halogens is 2. The molecule has 1 aromatic carbocycles. The molecule has 0 unspecified atom stereocenters. The lowest BCUT2D eigenvalue weighted by Crippen LogP contribution is -2.20. The Morgan fingerprint density at radius 3 is 2.67 bits per heavy atom. The molecule has 2 aromatic rings. The molecule has 2 rings (SSSR count). The summed E-state index contributed by atoms with van der Waals surface area (Å²) in [6, 6.07) is 5.36. The second-order valence-electron chi connectivity index (χ2n) is 3.86. The number of carbonyl (C=O) groups is 1. The molecule has 2 amide bonds. The average Bonchev–Trinajstić information content (AvgIpc) is 2.43. The predicted molar refractivity (Wildman–Crippen MR) is 74.9 cm³/mol. The molecule has 0 saturated heterocycles. The number of pyridine rings is 1. The van der Waals surface area contributed by atoms with Crippen LogP contribution in [0.2, 0.25) is 5.02 Å². The first-order chi connectivity index (χ1) is 9.95. The van der Waals surface area contributed by atoms with Crippen LogP contribution in [0.25, 0.3) is 0 Å². The summed E-state index contributed by atoms with van der Waals surface area (Å²) < 4.78 is 13.1. The van der Waals surface area contributed by atoms with Gasteiger partial charge in [-0.3, -0.25) is 15.4 Å². The van der Waals surface area contributed by atoms with Crippen molar-refractivity contribution in [1.82, 2.24) is 4.98 Å². The highest BCUT2D eigenvalue weighted by molar-refractivity contribution is 6.30. The number of hydrogen-bond donors (Lipinski definition) is 2. The third kappa shape index (κ3) is 3.86. The number of anilines is 2. The number of aromatic nitrogens is 1. The van der Waals surface area contributed by atoms with Gasteiger partial charge in [-0.25, -0.2) is 9.78 Å². The first-order valence-corrected chi connectivity index (χ1v) is 5.97. The Morgan fingerprint density at radius 1 is 1.29 bits per heavy atom. The van der Waals surface area contributed by atoms with Gasteiger partial charge in [0.25, 0.3) is 0 Å². The molecule has 7 nitrogen and oxygen atoms in total. The van der Waals surface area contributed by atoms with Gasteiger partial charge < -0.3 is 5.32 Å². The van der Waals surface area contributed by atoms with Crippen molar-refractivity contribution in [1.29, 1.82) is 0 Å². The molecule has 0 saturated carbocycles. The Morgan fingerprint density at radius 2 is 2.05 bits per heavy atom. The molecule has 1 aromatic heterocycles. The van der Waals surface area contributed by atoms with Gasteiger partial charge in [-0.2, -0.15) is 4.39 Å². The van der Waals surface area contributed by atoms with Crippen LogP contribution in [0.4, 0.5) is 26.4 Å². The second kappa shape index (κ2) is 6.14. The quantitative estimate of drug-likeness (QED) is 0.670. The third-order valence-electron chi connectivity index (χ3n) is 2.37. The minimum absolute atomic E-state index is 0.0783. The van der Waals surface area contributed by atoms with Crippen molar-refractivity contribution < 1.29 is 14.1 Å². The Balaban J connectivity index is 2.07. The van der Waals surface area contributed by atoms with E-state index < -0.39 is 22.5 Å². The van der Waals surface area contributed by atoms with Crippen molar-refractivity contribution in [2.75, 3.05) is 10.6 Å². The molecule has 0 spiro atoms. The number of hydrogen-bond acceptors (Lipinski definition) is 4. The molecule has 0 atom stereocenters. The molecule has 9 heteroatoms. The SMILES string of the molecule is O=C(Nc1ccc(F)c([N+](=O)[O-])c1)Nc1ccc(Cl)cn1. The third-order valence-corrected chi connectivity index (χ3v) is 2.59. The summed E-state index contributed by atoms with van der Waals surface area (Å²) in [7, 11) is 0. The van der Waals surface area contributed by atoms with E-state index in [9.17, 15) is 19.3 Å². The van der Waals surface area contributed by atoms with Gasteiger partial charge in [0.2, 0.25) is 5.82 Å². The van der Waals surface area contributed by atoms with Crippen molar-refractivity contribution in [3.8, 4) is 0 Å². The van der Waals surface area contributed by atoms with E-state index in [1.54, 1.807) is 0 Å². The number of amides is 2. The van der Waals surface area contributed by atoms with Gasteiger partial charge in [-0.15, -0.1) is 0 Å². The van der Waals surface area contributed by atoms with Crippen molar-refractivity contribution in [3.63, 3.8) is 0 Å². The standard InChI is InChI=1S/C12H8ClFN4O3/c13-7-1-4-11(15-6-7)17-12(19)16-8-2-3-9(14)10(5-8)18(20)21/h1-6H,(H2,15,16,17,19). The molecule has 0 aliphatic rings. The molecule has 21 heavy (non-hydrogen) atoms. The van der Waals surface area contributed by atoms with Gasteiger partial charge in [-0.1, -0.05) is 11.6 Å². The predicted octanol–water partition coefficient (Wildman–Crippen LogP) is 3.43. The van der Waals surface area contributed by atoms with Crippen molar-refractivity contribution in [2.24, 2.45) is 0 Å². The topological polar surface area (TPSA) is 97.2 Å². The Hall–Kier alpha value is -2.74. The maximum Gasteiger partial charge on any atom is 0.324 e. The Bertz CT molecular complexity index is 693. The fraction of sp³-hybridized carbons (Fsp3) is 0. The summed E-state index contributed by atoms with van der Waals surface area (Å²) in [6.07, 6.45) is 1.35. The van der Waals surface area contributed by atoms with E-state index in [1.165, 1.54) is 24.4 Å².